The molecule has 0 aliphatic carbocycles. The second-order valence-corrected chi connectivity index (χ2v) is 5.02. The molecule has 3 atom stereocenters. The zero-order chi connectivity index (χ0) is 14.9. The summed E-state index contributed by atoms with van der Waals surface area (Å²) in [6.07, 6.45) is 0.430. The Balaban J connectivity index is 4.05. The number of methoxy groups -OCH3 is 1. The van der Waals surface area contributed by atoms with E-state index in [1.807, 2.05) is 13.8 Å². The maximum absolute atomic E-state index is 11.2. The Labute approximate surface area is 115 Å². The molecule has 0 saturated carbocycles. The number of rotatable bonds is 11. The van der Waals surface area contributed by atoms with E-state index in [-0.39, 0.29) is 19.3 Å². The van der Waals surface area contributed by atoms with Gasteiger partial charge in [-0.2, -0.15) is 0 Å². The van der Waals surface area contributed by atoms with Gasteiger partial charge in [0, 0.05) is 13.7 Å². The lowest BCUT2D eigenvalue weighted by molar-refractivity contribution is -0.144. The lowest BCUT2D eigenvalue weighted by Crippen LogP contribution is -2.52. The molecule has 0 aliphatic rings. The highest BCUT2D eigenvalue weighted by Crippen LogP contribution is 2.12. The molecule has 114 valence electrons. The second kappa shape index (κ2) is 9.25. The molecule has 19 heavy (non-hydrogen) atoms. The third-order valence-electron chi connectivity index (χ3n) is 2.92. The van der Waals surface area contributed by atoms with Crippen molar-refractivity contribution in [2.45, 2.75) is 51.4 Å². The summed E-state index contributed by atoms with van der Waals surface area (Å²) < 4.78 is 10.3. The summed E-state index contributed by atoms with van der Waals surface area (Å²) >= 11 is 0. The van der Waals surface area contributed by atoms with E-state index in [9.17, 15) is 15.0 Å². The van der Waals surface area contributed by atoms with Gasteiger partial charge < -0.3 is 19.7 Å². The number of carbonyl (C=O) groups is 1. The Morgan fingerprint density at radius 1 is 1.42 bits per heavy atom. The molecule has 0 aromatic carbocycles. The molecule has 3 N–H and O–H groups in total. The lowest BCUT2D eigenvalue weighted by atomic mass is 9.96. The molecule has 0 saturated heterocycles. The molecule has 0 aromatic rings. The van der Waals surface area contributed by atoms with Crippen molar-refractivity contribution in [3.05, 3.63) is 0 Å². The lowest BCUT2D eigenvalue weighted by Gasteiger charge is -2.27. The minimum absolute atomic E-state index is 0.0962. The van der Waals surface area contributed by atoms with Crippen molar-refractivity contribution in [1.29, 1.82) is 0 Å². The molecular weight excluding hydrogens is 250 g/mol. The molecule has 0 spiro atoms. The predicted octanol–water partition coefficient (Wildman–Crippen LogP) is 0.632. The number of carboxylic acids is 1. The van der Waals surface area contributed by atoms with Gasteiger partial charge in [0.15, 0.2) is 0 Å². The van der Waals surface area contributed by atoms with Crippen molar-refractivity contribution >= 4 is 5.97 Å². The van der Waals surface area contributed by atoms with Crippen LogP contribution in [0, 0.1) is 0 Å². The van der Waals surface area contributed by atoms with Crippen LogP contribution in [0.25, 0.3) is 0 Å². The Bertz CT molecular complexity index is 261. The molecule has 3 unspecified atom stereocenters. The highest BCUT2D eigenvalue weighted by Gasteiger charge is 2.31. The van der Waals surface area contributed by atoms with E-state index in [1.54, 1.807) is 14.0 Å². The standard InChI is InChI=1S/C13H27NO5/c1-5-6-13(3,12(16)17)14-7-11(15)9-19-10(2)8-18-4/h10-11,14-15H,5-9H2,1-4H3,(H,16,17). The summed E-state index contributed by atoms with van der Waals surface area (Å²) in [7, 11) is 1.58. The first kappa shape index (κ1) is 18.3. The van der Waals surface area contributed by atoms with Crippen molar-refractivity contribution < 1.29 is 24.5 Å². The van der Waals surface area contributed by atoms with Gasteiger partial charge in [0.1, 0.15) is 5.54 Å². The van der Waals surface area contributed by atoms with E-state index in [4.69, 9.17) is 9.47 Å². The molecule has 0 fully saturated rings. The number of aliphatic hydroxyl groups excluding tert-OH is 1. The topological polar surface area (TPSA) is 88.0 Å². The summed E-state index contributed by atoms with van der Waals surface area (Å²) in [4.78, 5) is 11.2. The quantitative estimate of drug-likeness (QED) is 0.513. The summed E-state index contributed by atoms with van der Waals surface area (Å²) in [5, 5.41) is 21.8. The van der Waals surface area contributed by atoms with E-state index in [1.165, 1.54) is 0 Å². The number of aliphatic carboxylic acids is 1. The summed E-state index contributed by atoms with van der Waals surface area (Å²) in [5.74, 6) is -0.907. The molecule has 0 heterocycles. The number of aliphatic hydroxyl groups is 1. The molecule has 6 heteroatoms. The first-order valence-corrected chi connectivity index (χ1v) is 6.62. The van der Waals surface area contributed by atoms with Crippen LogP contribution in [-0.2, 0) is 14.3 Å². The fourth-order valence-electron chi connectivity index (χ4n) is 1.73. The summed E-state index contributed by atoms with van der Waals surface area (Å²) in [5.41, 5.74) is -1.01. The number of hydrogen-bond donors (Lipinski definition) is 3. The Kier molecular flexibility index (Phi) is 8.92. The minimum Gasteiger partial charge on any atom is -0.480 e. The van der Waals surface area contributed by atoms with Crippen LogP contribution in [0.4, 0.5) is 0 Å². The van der Waals surface area contributed by atoms with E-state index in [0.717, 1.165) is 6.42 Å². The molecule has 0 bridgehead atoms. The molecular formula is C13H27NO5. The maximum atomic E-state index is 11.2. The Hall–Kier alpha value is -0.690. The van der Waals surface area contributed by atoms with Gasteiger partial charge in [0.25, 0.3) is 0 Å². The average Bonchev–Trinajstić information content (AvgIpc) is 2.34. The molecule has 0 rings (SSSR count). The zero-order valence-electron chi connectivity index (χ0n) is 12.3. The maximum Gasteiger partial charge on any atom is 0.323 e. The number of ether oxygens (including phenoxy) is 2. The fourth-order valence-corrected chi connectivity index (χ4v) is 1.73. The third kappa shape index (κ3) is 7.47. The van der Waals surface area contributed by atoms with Gasteiger partial charge in [0.2, 0.25) is 0 Å². The minimum atomic E-state index is -1.01. The van der Waals surface area contributed by atoms with Gasteiger partial charge in [-0.15, -0.1) is 0 Å². The fraction of sp³-hybridized carbons (Fsp3) is 0.923. The first-order valence-electron chi connectivity index (χ1n) is 6.62. The Morgan fingerprint density at radius 2 is 2.05 bits per heavy atom. The summed E-state index contributed by atoms with van der Waals surface area (Å²) in [6.45, 7) is 6.20. The van der Waals surface area contributed by atoms with Crippen molar-refractivity contribution in [3.63, 3.8) is 0 Å². The second-order valence-electron chi connectivity index (χ2n) is 5.02. The normalized spacial score (nSPS) is 17.7. The van der Waals surface area contributed by atoms with Crippen LogP contribution >= 0.6 is 0 Å². The van der Waals surface area contributed by atoms with Crippen molar-refractivity contribution in [1.82, 2.24) is 5.32 Å². The van der Waals surface area contributed by atoms with E-state index < -0.39 is 17.6 Å². The predicted molar refractivity (Wildman–Crippen MR) is 72.2 cm³/mol. The number of carboxylic acid groups (broad SMARTS) is 1. The van der Waals surface area contributed by atoms with Crippen LogP contribution in [-0.4, -0.2) is 60.8 Å². The van der Waals surface area contributed by atoms with E-state index >= 15 is 0 Å². The monoisotopic (exact) mass is 277 g/mol. The van der Waals surface area contributed by atoms with Crippen molar-refractivity contribution in [3.8, 4) is 0 Å². The van der Waals surface area contributed by atoms with Gasteiger partial charge in [-0.25, -0.2) is 0 Å². The number of β-amino-alcohol motifs (C(OH)–C–C–N with tert-alkyl or cyclic N) is 1. The van der Waals surface area contributed by atoms with Crippen LogP contribution in [0.1, 0.15) is 33.6 Å². The van der Waals surface area contributed by atoms with Crippen LogP contribution in [0.5, 0.6) is 0 Å². The van der Waals surface area contributed by atoms with Crippen LogP contribution in [0.15, 0.2) is 0 Å². The molecule has 0 amide bonds. The van der Waals surface area contributed by atoms with Crippen LogP contribution < -0.4 is 5.32 Å². The van der Waals surface area contributed by atoms with Gasteiger partial charge in [-0.1, -0.05) is 13.3 Å². The smallest absolute Gasteiger partial charge is 0.323 e. The number of nitrogens with one attached hydrogen (secondary N) is 1. The van der Waals surface area contributed by atoms with Crippen molar-refractivity contribution in [2.24, 2.45) is 0 Å². The molecule has 0 aromatic heterocycles. The Morgan fingerprint density at radius 3 is 2.53 bits per heavy atom. The van der Waals surface area contributed by atoms with Gasteiger partial charge in [-0.3, -0.25) is 10.1 Å². The van der Waals surface area contributed by atoms with Crippen LogP contribution in [0.2, 0.25) is 0 Å². The van der Waals surface area contributed by atoms with Crippen molar-refractivity contribution in [2.75, 3.05) is 26.9 Å². The third-order valence-corrected chi connectivity index (χ3v) is 2.92. The van der Waals surface area contributed by atoms with Crippen LogP contribution in [0.3, 0.4) is 0 Å². The molecule has 0 radical (unpaired) electrons. The summed E-state index contributed by atoms with van der Waals surface area (Å²) in [6, 6.07) is 0. The highest BCUT2D eigenvalue weighted by molar-refractivity contribution is 5.78. The number of hydrogen-bond acceptors (Lipinski definition) is 5. The first-order chi connectivity index (χ1) is 8.85. The van der Waals surface area contributed by atoms with Gasteiger partial charge >= 0.3 is 5.97 Å². The SMILES string of the molecule is CCCC(C)(NCC(O)COC(C)COC)C(=O)O. The molecule has 0 aliphatic heterocycles. The largest absolute Gasteiger partial charge is 0.480 e. The molecule has 6 nitrogen and oxygen atoms in total. The highest BCUT2D eigenvalue weighted by atomic mass is 16.5. The van der Waals surface area contributed by atoms with Gasteiger partial charge in [0.05, 0.1) is 25.4 Å². The zero-order valence-corrected chi connectivity index (χ0v) is 12.3. The van der Waals surface area contributed by atoms with E-state index in [0.29, 0.717) is 13.0 Å². The van der Waals surface area contributed by atoms with E-state index in [2.05, 4.69) is 5.32 Å². The van der Waals surface area contributed by atoms with Gasteiger partial charge in [-0.05, 0) is 20.3 Å². The average molecular weight is 277 g/mol.